The van der Waals surface area contributed by atoms with Gasteiger partial charge in [0.05, 0.1) is 7.11 Å². The first-order valence-corrected chi connectivity index (χ1v) is 6.45. The molecule has 0 amide bonds. The quantitative estimate of drug-likeness (QED) is 0.869. The fourth-order valence-electron chi connectivity index (χ4n) is 1.66. The first kappa shape index (κ1) is 14.8. The third-order valence-corrected chi connectivity index (χ3v) is 3.07. The van der Waals surface area contributed by atoms with Crippen molar-refractivity contribution in [3.8, 4) is 5.75 Å². The van der Waals surface area contributed by atoms with E-state index in [2.05, 4.69) is 57.1 Å². The normalized spacial score (nSPS) is 13.2. The van der Waals surface area contributed by atoms with E-state index in [-0.39, 0.29) is 5.54 Å². The number of benzene rings is 1. The Morgan fingerprint density at radius 2 is 1.78 bits per heavy atom. The molecule has 0 fully saturated rings. The van der Waals surface area contributed by atoms with Crippen LogP contribution < -0.4 is 15.0 Å². The molecular formula is C15H26N2O. The highest BCUT2D eigenvalue weighted by Crippen LogP contribution is 2.19. The van der Waals surface area contributed by atoms with Gasteiger partial charge in [-0.1, -0.05) is 0 Å². The lowest BCUT2D eigenvalue weighted by Crippen LogP contribution is -2.45. The fourth-order valence-corrected chi connectivity index (χ4v) is 1.66. The van der Waals surface area contributed by atoms with Crippen LogP contribution in [0.5, 0.6) is 5.75 Å². The molecule has 18 heavy (non-hydrogen) atoms. The molecule has 1 aromatic carbocycles. The van der Waals surface area contributed by atoms with Gasteiger partial charge in [0.15, 0.2) is 0 Å². The van der Waals surface area contributed by atoms with Crippen LogP contribution >= 0.6 is 0 Å². The number of hydrogen-bond acceptors (Lipinski definition) is 3. The molecular weight excluding hydrogens is 224 g/mol. The average molecular weight is 250 g/mol. The van der Waals surface area contributed by atoms with Gasteiger partial charge in [-0.05, 0) is 52.0 Å². The molecule has 0 saturated carbocycles. The van der Waals surface area contributed by atoms with Crippen LogP contribution in [0, 0.1) is 0 Å². The second-order valence-corrected chi connectivity index (χ2v) is 5.79. The third-order valence-electron chi connectivity index (χ3n) is 3.07. The monoisotopic (exact) mass is 250 g/mol. The first-order chi connectivity index (χ1) is 8.33. The van der Waals surface area contributed by atoms with Crippen molar-refractivity contribution in [3.63, 3.8) is 0 Å². The summed E-state index contributed by atoms with van der Waals surface area (Å²) < 4.78 is 5.17. The average Bonchev–Trinajstić information content (AvgIpc) is 2.34. The van der Waals surface area contributed by atoms with Crippen molar-refractivity contribution in [1.82, 2.24) is 5.32 Å². The Kier molecular flexibility index (Phi) is 5.03. The van der Waals surface area contributed by atoms with Crippen LogP contribution in [0.3, 0.4) is 0 Å². The maximum absolute atomic E-state index is 5.17. The van der Waals surface area contributed by atoms with Gasteiger partial charge in [-0.3, -0.25) is 0 Å². The smallest absolute Gasteiger partial charge is 0.119 e. The summed E-state index contributed by atoms with van der Waals surface area (Å²) in [6.45, 7) is 9.75. The molecule has 0 bridgehead atoms. The lowest BCUT2D eigenvalue weighted by atomic mass is 10.1. The van der Waals surface area contributed by atoms with E-state index in [1.54, 1.807) is 7.11 Å². The van der Waals surface area contributed by atoms with E-state index in [0.29, 0.717) is 6.04 Å². The lowest BCUT2D eigenvalue weighted by Gasteiger charge is -2.30. The molecule has 3 heteroatoms. The molecule has 0 heterocycles. The molecule has 0 saturated heterocycles. The van der Waals surface area contributed by atoms with Crippen LogP contribution in [0.4, 0.5) is 5.69 Å². The number of nitrogens with one attached hydrogen (secondary N) is 1. The maximum Gasteiger partial charge on any atom is 0.119 e. The highest BCUT2D eigenvalue weighted by atomic mass is 16.5. The van der Waals surface area contributed by atoms with Crippen molar-refractivity contribution in [3.05, 3.63) is 24.3 Å². The molecule has 1 atom stereocenters. The summed E-state index contributed by atoms with van der Waals surface area (Å²) in [5.74, 6) is 0.896. The third kappa shape index (κ3) is 4.57. The van der Waals surface area contributed by atoms with E-state index in [1.807, 2.05) is 12.1 Å². The Hall–Kier alpha value is -1.22. The summed E-state index contributed by atoms with van der Waals surface area (Å²) in [4.78, 5) is 2.28. The minimum Gasteiger partial charge on any atom is -0.497 e. The van der Waals surface area contributed by atoms with Gasteiger partial charge < -0.3 is 15.0 Å². The molecule has 1 rings (SSSR count). The number of anilines is 1. The number of rotatable bonds is 5. The summed E-state index contributed by atoms with van der Waals surface area (Å²) in [6.07, 6.45) is 0. The number of hydrogen-bond donors (Lipinski definition) is 1. The van der Waals surface area contributed by atoms with Crippen molar-refractivity contribution in [1.29, 1.82) is 0 Å². The summed E-state index contributed by atoms with van der Waals surface area (Å²) in [6, 6.07) is 8.61. The van der Waals surface area contributed by atoms with E-state index in [1.165, 1.54) is 5.69 Å². The van der Waals surface area contributed by atoms with Crippen molar-refractivity contribution in [2.75, 3.05) is 25.6 Å². The Labute approximate surface area is 111 Å². The van der Waals surface area contributed by atoms with Crippen molar-refractivity contribution in [2.24, 2.45) is 0 Å². The molecule has 0 aromatic heterocycles. The van der Waals surface area contributed by atoms with Gasteiger partial charge in [0, 0.05) is 30.9 Å². The minimum absolute atomic E-state index is 0.162. The predicted octanol–water partition coefficient (Wildman–Crippen LogP) is 2.91. The van der Waals surface area contributed by atoms with Gasteiger partial charge in [0.2, 0.25) is 0 Å². The first-order valence-electron chi connectivity index (χ1n) is 6.45. The lowest BCUT2D eigenvalue weighted by molar-refractivity contribution is 0.408. The van der Waals surface area contributed by atoms with Gasteiger partial charge >= 0.3 is 0 Å². The van der Waals surface area contributed by atoms with Gasteiger partial charge in [0.25, 0.3) is 0 Å². The minimum atomic E-state index is 0.162. The molecule has 0 aliphatic rings. The van der Waals surface area contributed by atoms with E-state index in [9.17, 15) is 0 Å². The van der Waals surface area contributed by atoms with Crippen molar-refractivity contribution < 1.29 is 4.74 Å². The molecule has 0 aliphatic carbocycles. The maximum atomic E-state index is 5.17. The van der Waals surface area contributed by atoms with Crippen LogP contribution in [0.25, 0.3) is 0 Å². The standard InChI is InChI=1S/C15H26N2O/c1-12(11-16-15(2,3)4)17(5)13-7-9-14(18-6)10-8-13/h7-10,12,16H,11H2,1-6H3. The Bertz CT molecular complexity index is 354. The van der Waals surface area contributed by atoms with Gasteiger partial charge in [0.1, 0.15) is 5.75 Å². The summed E-state index contributed by atoms with van der Waals surface area (Å²) in [5.41, 5.74) is 1.37. The van der Waals surface area contributed by atoms with Crippen LogP contribution in [-0.2, 0) is 0 Å². The summed E-state index contributed by atoms with van der Waals surface area (Å²) in [7, 11) is 3.81. The highest BCUT2D eigenvalue weighted by molar-refractivity contribution is 5.49. The zero-order valence-corrected chi connectivity index (χ0v) is 12.4. The topological polar surface area (TPSA) is 24.5 Å². The second-order valence-electron chi connectivity index (χ2n) is 5.79. The van der Waals surface area contributed by atoms with Gasteiger partial charge in [-0.2, -0.15) is 0 Å². The van der Waals surface area contributed by atoms with Crippen LogP contribution in [0.2, 0.25) is 0 Å². The number of likely N-dealkylation sites (N-methyl/N-ethyl adjacent to an activating group) is 1. The van der Waals surface area contributed by atoms with Crippen LogP contribution in [-0.4, -0.2) is 32.3 Å². The SMILES string of the molecule is COc1ccc(N(C)C(C)CNC(C)(C)C)cc1. The molecule has 1 aromatic rings. The van der Waals surface area contributed by atoms with E-state index in [0.717, 1.165) is 12.3 Å². The van der Waals surface area contributed by atoms with Crippen LogP contribution in [0.15, 0.2) is 24.3 Å². The van der Waals surface area contributed by atoms with Crippen LogP contribution in [0.1, 0.15) is 27.7 Å². The van der Waals surface area contributed by atoms with Crippen molar-refractivity contribution >= 4 is 5.69 Å². The number of nitrogens with zero attached hydrogens (tertiary/aromatic N) is 1. The molecule has 1 N–H and O–H groups in total. The van der Waals surface area contributed by atoms with E-state index < -0.39 is 0 Å². The zero-order chi connectivity index (χ0) is 13.8. The Balaban J connectivity index is 2.59. The largest absolute Gasteiger partial charge is 0.497 e. The Morgan fingerprint density at radius 3 is 2.22 bits per heavy atom. The zero-order valence-electron chi connectivity index (χ0n) is 12.4. The highest BCUT2D eigenvalue weighted by Gasteiger charge is 2.14. The Morgan fingerprint density at radius 1 is 1.22 bits per heavy atom. The van der Waals surface area contributed by atoms with Gasteiger partial charge in [-0.25, -0.2) is 0 Å². The molecule has 1 unspecified atom stereocenters. The molecule has 102 valence electrons. The summed E-state index contributed by atoms with van der Waals surface area (Å²) in [5, 5.41) is 3.53. The summed E-state index contributed by atoms with van der Waals surface area (Å²) >= 11 is 0. The molecule has 0 aliphatic heterocycles. The molecule has 3 nitrogen and oxygen atoms in total. The second kappa shape index (κ2) is 6.10. The molecule has 0 radical (unpaired) electrons. The number of ether oxygens (including phenoxy) is 1. The predicted molar refractivity (Wildman–Crippen MR) is 78.6 cm³/mol. The molecule has 0 spiro atoms. The van der Waals surface area contributed by atoms with E-state index >= 15 is 0 Å². The fraction of sp³-hybridized carbons (Fsp3) is 0.600. The van der Waals surface area contributed by atoms with Crippen molar-refractivity contribution in [2.45, 2.75) is 39.3 Å². The van der Waals surface area contributed by atoms with E-state index in [4.69, 9.17) is 4.74 Å². The number of methoxy groups -OCH3 is 1. The van der Waals surface area contributed by atoms with Gasteiger partial charge in [-0.15, -0.1) is 0 Å².